The van der Waals surface area contributed by atoms with E-state index in [2.05, 4.69) is 0 Å². The molecule has 0 unspecified atom stereocenters. The van der Waals surface area contributed by atoms with E-state index in [1.807, 2.05) is 0 Å². The van der Waals surface area contributed by atoms with E-state index in [0.29, 0.717) is 0 Å². The lowest BCUT2D eigenvalue weighted by atomic mass is 15.8. The van der Waals surface area contributed by atoms with E-state index in [0.717, 1.165) is 0 Å². The van der Waals surface area contributed by atoms with Crippen LogP contribution in [0.15, 0.2) is 0 Å². The van der Waals surface area contributed by atoms with E-state index < -0.39 is 10.4 Å². The second-order valence-corrected chi connectivity index (χ2v) is 1.34. The lowest BCUT2D eigenvalue weighted by Gasteiger charge is -1.68. The maximum absolute atomic E-state index is 8.74. The van der Waals surface area contributed by atoms with E-state index in [1.165, 1.54) is 0 Å². The maximum atomic E-state index is 8.74. The van der Waals surface area contributed by atoms with Crippen molar-refractivity contribution in [3.63, 3.8) is 0 Å². The number of hydrogen-bond acceptors (Lipinski definition) is 2. The van der Waals surface area contributed by atoms with Gasteiger partial charge in [-0.25, -0.2) is 0 Å². The molecule has 0 aliphatic heterocycles. The Kier molecular flexibility index (Phi) is 22.8. The molecule has 0 amide bonds. The van der Waals surface area contributed by atoms with Crippen LogP contribution in [0.2, 0.25) is 0 Å². The first-order chi connectivity index (χ1) is 2.00. The van der Waals surface area contributed by atoms with Crippen molar-refractivity contribution in [3.8, 4) is 0 Å². The van der Waals surface area contributed by atoms with Gasteiger partial charge in [-0.1, -0.05) is 0 Å². The molecule has 0 spiro atoms. The van der Waals surface area contributed by atoms with Gasteiger partial charge in [0, 0.05) is 34.7 Å². The third-order valence-electron chi connectivity index (χ3n) is 0. The first-order valence-electron chi connectivity index (χ1n) is 0.698. The molecule has 0 aromatic heterocycles. The quantitative estimate of drug-likeness (QED) is 0.316. The van der Waals surface area contributed by atoms with Crippen molar-refractivity contribution in [3.05, 3.63) is 0 Å². The zero-order valence-electron chi connectivity index (χ0n) is 3.77. The summed E-state index contributed by atoms with van der Waals surface area (Å²) in [7, 11) is -4.67. The molecule has 0 heterocycles. The average molecular weight is 170 g/mol. The van der Waals surface area contributed by atoms with Gasteiger partial charge in [0.2, 0.25) is 0 Å². The van der Waals surface area contributed by atoms with Crippen molar-refractivity contribution >= 4 is 45.1 Å². The Hall–Kier alpha value is 0.895. The fourth-order valence-electron chi connectivity index (χ4n) is 0. The maximum Gasteiger partial charge on any atom is 0.394 e. The Morgan fingerprint density at radius 3 is 1.00 bits per heavy atom. The largest absolute Gasteiger partial charge is 0.412 e. The Bertz CT molecular complexity index is 93.6. The van der Waals surface area contributed by atoms with Gasteiger partial charge in [-0.05, 0) is 0 Å². The summed E-state index contributed by atoms with van der Waals surface area (Å²) in [5.74, 6) is 0. The van der Waals surface area contributed by atoms with Crippen LogP contribution in [0.5, 0.6) is 0 Å². The summed E-state index contributed by atoms with van der Waals surface area (Å²) in [5.41, 5.74) is 0. The molecule has 0 saturated heterocycles. The predicted molar refractivity (Wildman–Crippen MR) is 29.3 cm³/mol. The number of hydrogen-bond donors (Lipinski definition) is 2. The van der Waals surface area contributed by atoms with Gasteiger partial charge in [-0.3, -0.25) is 9.11 Å². The summed E-state index contributed by atoms with van der Waals surface area (Å²) < 4.78 is 31.6. The van der Waals surface area contributed by atoms with E-state index in [-0.39, 0.29) is 40.2 Å². The fraction of sp³-hybridized carbons (Fsp3) is 0. The molecular formula is H4Al2O5S. The first kappa shape index (κ1) is 23.1. The average Bonchev–Trinajstić information content (AvgIpc) is 0.722. The molecule has 0 aliphatic carbocycles. The van der Waals surface area contributed by atoms with Crippen molar-refractivity contribution in [2.75, 3.05) is 0 Å². The minimum atomic E-state index is -4.67. The highest BCUT2D eigenvalue weighted by Crippen LogP contribution is 1.59. The van der Waals surface area contributed by atoms with Crippen molar-refractivity contribution < 1.29 is 23.0 Å². The molecule has 5 nitrogen and oxygen atoms in total. The van der Waals surface area contributed by atoms with Crippen molar-refractivity contribution in [1.82, 2.24) is 0 Å². The highest BCUT2D eigenvalue weighted by molar-refractivity contribution is 7.79. The zero-order chi connectivity index (χ0) is 4.50. The molecule has 0 saturated carbocycles. The summed E-state index contributed by atoms with van der Waals surface area (Å²) in [6.45, 7) is 0. The molecule has 0 rings (SSSR count). The topological polar surface area (TPSA) is 106 Å². The minimum Gasteiger partial charge on any atom is -0.412 e. The van der Waals surface area contributed by atoms with Gasteiger partial charge in [0.25, 0.3) is 0 Å². The highest BCUT2D eigenvalue weighted by Gasteiger charge is 1.84. The van der Waals surface area contributed by atoms with Gasteiger partial charge in [-0.2, -0.15) is 8.42 Å². The van der Waals surface area contributed by atoms with Crippen LogP contribution in [0.4, 0.5) is 0 Å². The third-order valence-corrected chi connectivity index (χ3v) is 0. The van der Waals surface area contributed by atoms with Crippen LogP contribution >= 0.6 is 0 Å². The predicted octanol–water partition coefficient (Wildman–Crippen LogP) is -2.24. The van der Waals surface area contributed by atoms with E-state index >= 15 is 0 Å². The van der Waals surface area contributed by atoms with Gasteiger partial charge < -0.3 is 5.48 Å². The second-order valence-electron chi connectivity index (χ2n) is 0.448. The molecule has 0 aliphatic rings. The van der Waals surface area contributed by atoms with E-state index in [4.69, 9.17) is 17.5 Å². The monoisotopic (exact) mass is 170 g/mol. The standard InChI is InChI=1S/2Al.H2O4S.H2O/c;;1-5(2,3)4;/h;;(H2,1,2,3,4);1H2. The van der Waals surface area contributed by atoms with Crippen LogP contribution in [0.1, 0.15) is 0 Å². The fourth-order valence-corrected chi connectivity index (χ4v) is 0. The smallest absolute Gasteiger partial charge is 0.394 e. The van der Waals surface area contributed by atoms with Crippen LogP contribution in [0, 0.1) is 0 Å². The van der Waals surface area contributed by atoms with Gasteiger partial charge in [0.1, 0.15) is 0 Å². The van der Waals surface area contributed by atoms with E-state index in [9.17, 15) is 0 Å². The van der Waals surface area contributed by atoms with Gasteiger partial charge in [0.05, 0.1) is 0 Å². The number of rotatable bonds is 0. The molecule has 8 heteroatoms. The van der Waals surface area contributed by atoms with Crippen molar-refractivity contribution in [2.24, 2.45) is 0 Å². The van der Waals surface area contributed by atoms with Gasteiger partial charge in [-0.15, -0.1) is 0 Å². The molecule has 0 atom stereocenters. The zero-order valence-corrected chi connectivity index (χ0v) is 6.90. The summed E-state index contributed by atoms with van der Waals surface area (Å²) in [6.07, 6.45) is 0. The Morgan fingerprint density at radius 2 is 1.00 bits per heavy atom. The van der Waals surface area contributed by atoms with E-state index in [1.54, 1.807) is 0 Å². The Morgan fingerprint density at radius 1 is 1.00 bits per heavy atom. The summed E-state index contributed by atoms with van der Waals surface area (Å²) in [5, 5.41) is 0. The lowest BCUT2D eigenvalue weighted by molar-refractivity contribution is 0.381. The van der Waals surface area contributed by atoms with Crippen LogP contribution in [0.3, 0.4) is 0 Å². The van der Waals surface area contributed by atoms with Crippen LogP contribution < -0.4 is 0 Å². The summed E-state index contributed by atoms with van der Waals surface area (Å²) >= 11 is 0. The molecule has 0 fully saturated rings. The van der Waals surface area contributed by atoms with Crippen molar-refractivity contribution in [2.45, 2.75) is 0 Å². The Labute approximate surface area is 68.2 Å². The van der Waals surface area contributed by atoms with Crippen LogP contribution in [-0.4, -0.2) is 57.7 Å². The normalized spacial score (nSPS) is 7.25. The molecule has 4 N–H and O–H groups in total. The minimum absolute atomic E-state index is 0. The molecule has 0 aromatic rings. The summed E-state index contributed by atoms with van der Waals surface area (Å²) in [4.78, 5) is 0. The van der Waals surface area contributed by atoms with Crippen LogP contribution in [-0.2, 0) is 10.4 Å². The molecule has 46 valence electrons. The molecule has 6 radical (unpaired) electrons. The SMILES string of the molecule is O.O=S(=O)(O)O.[Al].[Al]. The molecule has 0 bridgehead atoms. The molecule has 8 heavy (non-hydrogen) atoms. The van der Waals surface area contributed by atoms with Crippen LogP contribution in [0.25, 0.3) is 0 Å². The Balaban J connectivity index is -0.0000000267. The lowest BCUT2D eigenvalue weighted by Crippen LogP contribution is -1.89. The first-order valence-corrected chi connectivity index (χ1v) is 2.10. The highest BCUT2D eigenvalue weighted by atomic mass is 32.3. The molecular weight excluding hydrogens is 166 g/mol. The van der Waals surface area contributed by atoms with Crippen molar-refractivity contribution in [1.29, 1.82) is 0 Å². The third kappa shape index (κ3) is 299. The van der Waals surface area contributed by atoms with Gasteiger partial charge in [0.15, 0.2) is 0 Å². The summed E-state index contributed by atoms with van der Waals surface area (Å²) in [6, 6.07) is 0. The molecule has 0 aromatic carbocycles. The van der Waals surface area contributed by atoms with Gasteiger partial charge >= 0.3 is 10.4 Å². The second kappa shape index (κ2) is 7.89.